The Balaban J connectivity index is 2.02. The van der Waals surface area contributed by atoms with Crippen LogP contribution in [0.25, 0.3) is 0 Å². The molecule has 1 heterocycles. The molecule has 0 radical (unpaired) electrons. The van der Waals surface area contributed by atoms with Crippen LogP contribution in [0, 0.1) is 5.41 Å². The maximum Gasteiger partial charge on any atom is 0.0471 e. The molecule has 0 atom stereocenters. The molecular formula is C16H25ClN2. The lowest BCUT2D eigenvalue weighted by Gasteiger charge is -2.22. The van der Waals surface area contributed by atoms with Crippen molar-refractivity contribution in [2.24, 2.45) is 5.41 Å². The van der Waals surface area contributed by atoms with E-state index in [0.29, 0.717) is 5.41 Å². The van der Waals surface area contributed by atoms with E-state index in [1.54, 1.807) is 0 Å². The number of anilines is 1. The molecule has 2 nitrogen and oxygen atoms in total. The topological polar surface area (TPSA) is 15.3 Å². The number of nitrogens with zero attached hydrogens (tertiary/aromatic N) is 1. The van der Waals surface area contributed by atoms with E-state index < -0.39 is 0 Å². The van der Waals surface area contributed by atoms with Crippen LogP contribution in [0.1, 0.15) is 39.2 Å². The molecule has 1 saturated heterocycles. The molecule has 2 rings (SSSR count). The molecule has 0 saturated carbocycles. The Bertz CT molecular complexity index is 429. The fraction of sp³-hybridized carbons (Fsp3) is 0.625. The molecule has 1 aliphatic rings. The van der Waals surface area contributed by atoms with Crippen molar-refractivity contribution in [2.75, 3.05) is 24.5 Å². The van der Waals surface area contributed by atoms with E-state index in [4.69, 9.17) is 11.6 Å². The lowest BCUT2D eigenvalue weighted by molar-refractivity contribution is 0.418. The molecule has 19 heavy (non-hydrogen) atoms. The highest BCUT2D eigenvalue weighted by molar-refractivity contribution is 6.31. The van der Waals surface area contributed by atoms with Gasteiger partial charge in [-0.05, 0) is 42.5 Å². The average Bonchev–Trinajstić information content (AvgIpc) is 2.72. The number of hydrogen-bond donors (Lipinski definition) is 1. The van der Waals surface area contributed by atoms with Gasteiger partial charge in [-0.1, -0.05) is 38.4 Å². The molecule has 1 N–H and O–H groups in total. The summed E-state index contributed by atoms with van der Waals surface area (Å²) in [4.78, 5) is 2.44. The summed E-state index contributed by atoms with van der Waals surface area (Å²) in [6.07, 6.45) is 2.41. The van der Waals surface area contributed by atoms with Gasteiger partial charge in [0.05, 0.1) is 0 Å². The van der Waals surface area contributed by atoms with Gasteiger partial charge in [-0.2, -0.15) is 0 Å². The molecule has 0 spiro atoms. The molecule has 1 aromatic carbocycles. The van der Waals surface area contributed by atoms with E-state index in [9.17, 15) is 0 Å². The first-order chi connectivity index (χ1) is 9.02. The minimum Gasteiger partial charge on any atom is -0.371 e. The minimum atomic E-state index is 0.424. The van der Waals surface area contributed by atoms with E-state index >= 15 is 0 Å². The SMILES string of the molecule is CCCNCc1ccc(N2CCC(C)(C)C2)cc1Cl. The van der Waals surface area contributed by atoms with Crippen molar-refractivity contribution in [1.82, 2.24) is 5.32 Å². The molecule has 0 aromatic heterocycles. The fourth-order valence-electron chi connectivity index (χ4n) is 2.61. The maximum atomic E-state index is 6.39. The van der Waals surface area contributed by atoms with Gasteiger partial charge >= 0.3 is 0 Å². The van der Waals surface area contributed by atoms with Crippen molar-refractivity contribution in [2.45, 2.75) is 40.2 Å². The van der Waals surface area contributed by atoms with Crippen LogP contribution >= 0.6 is 11.6 Å². The predicted molar refractivity (Wildman–Crippen MR) is 84.1 cm³/mol. The summed E-state index contributed by atoms with van der Waals surface area (Å²) < 4.78 is 0. The Labute approximate surface area is 122 Å². The monoisotopic (exact) mass is 280 g/mol. The first kappa shape index (κ1) is 14.7. The maximum absolute atomic E-state index is 6.39. The minimum absolute atomic E-state index is 0.424. The Hall–Kier alpha value is -0.730. The van der Waals surface area contributed by atoms with Gasteiger partial charge in [0, 0.05) is 30.3 Å². The first-order valence-electron chi connectivity index (χ1n) is 7.26. The summed E-state index contributed by atoms with van der Waals surface area (Å²) >= 11 is 6.39. The second-order valence-corrected chi connectivity index (χ2v) is 6.70. The van der Waals surface area contributed by atoms with E-state index in [-0.39, 0.29) is 0 Å². The molecule has 3 heteroatoms. The molecule has 0 aliphatic carbocycles. The van der Waals surface area contributed by atoms with Crippen LogP contribution in [0.4, 0.5) is 5.69 Å². The third-order valence-electron chi connectivity index (χ3n) is 3.82. The molecule has 0 unspecified atom stereocenters. The number of halogens is 1. The van der Waals surface area contributed by atoms with Crippen LogP contribution in [0.5, 0.6) is 0 Å². The van der Waals surface area contributed by atoms with Crippen LogP contribution < -0.4 is 10.2 Å². The third-order valence-corrected chi connectivity index (χ3v) is 4.17. The highest BCUT2D eigenvalue weighted by Crippen LogP contribution is 2.34. The smallest absolute Gasteiger partial charge is 0.0471 e. The number of hydrogen-bond acceptors (Lipinski definition) is 2. The summed E-state index contributed by atoms with van der Waals surface area (Å²) in [5.41, 5.74) is 2.88. The number of nitrogens with one attached hydrogen (secondary N) is 1. The van der Waals surface area contributed by atoms with Gasteiger partial charge in [0.25, 0.3) is 0 Å². The molecule has 1 aromatic rings. The molecule has 1 aliphatic heterocycles. The average molecular weight is 281 g/mol. The van der Waals surface area contributed by atoms with Crippen molar-refractivity contribution in [3.63, 3.8) is 0 Å². The third kappa shape index (κ3) is 3.87. The lowest BCUT2D eigenvalue weighted by atomic mass is 9.93. The van der Waals surface area contributed by atoms with Gasteiger partial charge in [0.1, 0.15) is 0 Å². The van der Waals surface area contributed by atoms with Gasteiger partial charge in [0.2, 0.25) is 0 Å². The standard InChI is InChI=1S/C16H25ClN2/c1-4-8-18-11-13-5-6-14(10-15(13)17)19-9-7-16(2,3)12-19/h5-6,10,18H,4,7-9,11-12H2,1-3H3. The van der Waals surface area contributed by atoms with Crippen LogP contribution in [0.3, 0.4) is 0 Å². The molecular weight excluding hydrogens is 256 g/mol. The Morgan fingerprint density at radius 3 is 2.74 bits per heavy atom. The zero-order valence-corrected chi connectivity index (χ0v) is 13.1. The Kier molecular flexibility index (Phi) is 4.75. The fourth-order valence-corrected chi connectivity index (χ4v) is 2.85. The van der Waals surface area contributed by atoms with Crippen molar-refractivity contribution in [3.8, 4) is 0 Å². The largest absolute Gasteiger partial charge is 0.371 e. The Morgan fingerprint density at radius 1 is 1.37 bits per heavy atom. The van der Waals surface area contributed by atoms with Crippen molar-refractivity contribution in [1.29, 1.82) is 0 Å². The summed E-state index contributed by atoms with van der Waals surface area (Å²) in [5.74, 6) is 0. The second kappa shape index (κ2) is 6.15. The van der Waals surface area contributed by atoms with Crippen molar-refractivity contribution < 1.29 is 0 Å². The van der Waals surface area contributed by atoms with Gasteiger partial charge in [0.15, 0.2) is 0 Å². The summed E-state index contributed by atoms with van der Waals surface area (Å²) in [7, 11) is 0. The number of benzene rings is 1. The summed E-state index contributed by atoms with van der Waals surface area (Å²) in [5, 5.41) is 4.28. The van der Waals surface area contributed by atoms with Crippen LogP contribution in [0.15, 0.2) is 18.2 Å². The highest BCUT2D eigenvalue weighted by Gasteiger charge is 2.29. The zero-order valence-electron chi connectivity index (χ0n) is 12.3. The first-order valence-corrected chi connectivity index (χ1v) is 7.64. The summed E-state index contributed by atoms with van der Waals surface area (Å²) in [6.45, 7) is 11.0. The zero-order chi connectivity index (χ0) is 13.9. The molecule has 0 bridgehead atoms. The molecule has 106 valence electrons. The van der Waals surface area contributed by atoms with E-state index in [0.717, 1.165) is 37.6 Å². The van der Waals surface area contributed by atoms with Crippen molar-refractivity contribution in [3.05, 3.63) is 28.8 Å². The highest BCUT2D eigenvalue weighted by atomic mass is 35.5. The lowest BCUT2D eigenvalue weighted by Crippen LogP contribution is -2.22. The van der Waals surface area contributed by atoms with Gasteiger partial charge in [-0.15, -0.1) is 0 Å². The van der Waals surface area contributed by atoms with E-state index in [1.165, 1.54) is 17.7 Å². The van der Waals surface area contributed by atoms with E-state index in [2.05, 4.69) is 49.2 Å². The quantitative estimate of drug-likeness (QED) is 0.818. The predicted octanol–water partition coefficient (Wildman–Crippen LogP) is 4.08. The van der Waals surface area contributed by atoms with Gasteiger partial charge in [-0.3, -0.25) is 0 Å². The van der Waals surface area contributed by atoms with E-state index in [1.807, 2.05) is 0 Å². The second-order valence-electron chi connectivity index (χ2n) is 6.29. The molecule has 1 fully saturated rings. The van der Waals surface area contributed by atoms with Crippen molar-refractivity contribution >= 4 is 17.3 Å². The van der Waals surface area contributed by atoms with Crippen LogP contribution in [-0.2, 0) is 6.54 Å². The normalized spacial score (nSPS) is 18.0. The summed E-state index contributed by atoms with van der Waals surface area (Å²) in [6, 6.07) is 6.48. The number of rotatable bonds is 5. The van der Waals surface area contributed by atoms with Gasteiger partial charge in [-0.25, -0.2) is 0 Å². The Morgan fingerprint density at radius 2 is 2.16 bits per heavy atom. The van der Waals surface area contributed by atoms with Gasteiger partial charge < -0.3 is 10.2 Å². The molecule has 0 amide bonds. The van der Waals surface area contributed by atoms with Crippen LogP contribution in [-0.4, -0.2) is 19.6 Å². The van der Waals surface area contributed by atoms with Crippen LogP contribution in [0.2, 0.25) is 5.02 Å².